The lowest BCUT2D eigenvalue weighted by molar-refractivity contribution is 0.143. The third kappa shape index (κ3) is 1.38. The van der Waals surface area contributed by atoms with Crippen LogP contribution in [0.2, 0.25) is 0 Å². The van der Waals surface area contributed by atoms with Gasteiger partial charge in [0.15, 0.2) is 5.65 Å². The molecule has 3 rings (SSSR count). The molecular weight excluding hydrogens is 200 g/mol. The Balaban J connectivity index is 2.19. The molecule has 1 saturated carbocycles. The topological polar surface area (TPSA) is 30.2 Å². The number of fused-ring (bicyclic) bond motifs is 1. The first-order valence-electron chi connectivity index (χ1n) is 4.88. The highest BCUT2D eigenvalue weighted by Gasteiger charge is 2.27. The van der Waals surface area contributed by atoms with E-state index in [9.17, 15) is 8.78 Å². The Bertz CT molecular complexity index is 502. The molecule has 0 bridgehead atoms. The Labute approximate surface area is 84.7 Å². The van der Waals surface area contributed by atoms with Crippen molar-refractivity contribution in [1.82, 2.24) is 14.6 Å². The van der Waals surface area contributed by atoms with E-state index >= 15 is 0 Å². The number of alkyl halides is 2. The summed E-state index contributed by atoms with van der Waals surface area (Å²) in [6.07, 6.45) is 1.10. The number of hydrogen-bond donors (Lipinski definition) is 0. The van der Waals surface area contributed by atoms with Crippen molar-refractivity contribution in [2.75, 3.05) is 0 Å². The summed E-state index contributed by atoms with van der Waals surface area (Å²) in [4.78, 5) is 4.02. The molecule has 0 amide bonds. The van der Waals surface area contributed by atoms with E-state index in [0.717, 1.165) is 18.5 Å². The Kier molecular flexibility index (Phi) is 1.74. The summed E-state index contributed by atoms with van der Waals surface area (Å²) in [7, 11) is 0. The van der Waals surface area contributed by atoms with Gasteiger partial charge in [-0.3, -0.25) is 0 Å². The molecule has 1 aliphatic rings. The van der Waals surface area contributed by atoms with Crippen molar-refractivity contribution in [2.45, 2.75) is 25.2 Å². The van der Waals surface area contributed by atoms with E-state index in [0.29, 0.717) is 11.6 Å². The first kappa shape index (κ1) is 8.76. The van der Waals surface area contributed by atoms with Gasteiger partial charge in [0.2, 0.25) is 0 Å². The second kappa shape index (κ2) is 2.98. The van der Waals surface area contributed by atoms with Crippen molar-refractivity contribution in [3.8, 4) is 0 Å². The molecule has 0 radical (unpaired) electrons. The zero-order valence-corrected chi connectivity index (χ0v) is 7.90. The quantitative estimate of drug-likeness (QED) is 0.760. The molecule has 0 N–H and O–H groups in total. The van der Waals surface area contributed by atoms with Crippen LogP contribution >= 0.6 is 0 Å². The zero-order valence-electron chi connectivity index (χ0n) is 7.90. The molecule has 2 heterocycles. The van der Waals surface area contributed by atoms with Gasteiger partial charge in [-0.15, -0.1) is 0 Å². The highest BCUT2D eigenvalue weighted by atomic mass is 19.3. The summed E-state index contributed by atoms with van der Waals surface area (Å²) >= 11 is 0. The SMILES string of the molecule is FC(F)c1ccnc2cc(C3CC3)nn12. The molecular formula is C10H9F2N3. The van der Waals surface area contributed by atoms with E-state index in [-0.39, 0.29) is 5.69 Å². The van der Waals surface area contributed by atoms with Gasteiger partial charge in [0.05, 0.1) is 5.69 Å². The maximum absolute atomic E-state index is 12.6. The van der Waals surface area contributed by atoms with Crippen LogP contribution in [0.3, 0.4) is 0 Å². The standard InChI is InChI=1S/C10H9F2N3/c11-10(12)8-3-4-13-9-5-7(6-1-2-6)14-15(8)9/h3-6,10H,1-2H2. The summed E-state index contributed by atoms with van der Waals surface area (Å²) < 4.78 is 26.5. The molecule has 0 aromatic carbocycles. The van der Waals surface area contributed by atoms with E-state index < -0.39 is 6.43 Å². The molecule has 15 heavy (non-hydrogen) atoms. The maximum Gasteiger partial charge on any atom is 0.280 e. The van der Waals surface area contributed by atoms with Crippen LogP contribution in [-0.2, 0) is 0 Å². The first-order chi connectivity index (χ1) is 7.25. The van der Waals surface area contributed by atoms with Gasteiger partial charge < -0.3 is 0 Å². The average Bonchev–Trinajstić information content (AvgIpc) is 2.96. The molecule has 5 heteroatoms. The predicted octanol–water partition coefficient (Wildman–Crippen LogP) is 2.54. The van der Waals surface area contributed by atoms with E-state index in [1.54, 1.807) is 6.07 Å². The van der Waals surface area contributed by atoms with E-state index in [2.05, 4.69) is 10.1 Å². The molecule has 1 aliphatic carbocycles. The second-order valence-electron chi connectivity index (χ2n) is 3.78. The largest absolute Gasteiger partial charge is 0.280 e. The van der Waals surface area contributed by atoms with Crippen LogP contribution in [0.1, 0.15) is 36.6 Å². The minimum absolute atomic E-state index is 0.0908. The normalized spacial score (nSPS) is 16.5. The van der Waals surface area contributed by atoms with Crippen LogP contribution < -0.4 is 0 Å². The Morgan fingerprint density at radius 1 is 1.40 bits per heavy atom. The fourth-order valence-corrected chi connectivity index (χ4v) is 1.68. The molecule has 0 saturated heterocycles. The fraction of sp³-hybridized carbons (Fsp3) is 0.400. The molecule has 0 unspecified atom stereocenters. The third-order valence-corrected chi connectivity index (χ3v) is 2.63. The van der Waals surface area contributed by atoms with Crippen LogP contribution in [0.5, 0.6) is 0 Å². The number of halogens is 2. The Morgan fingerprint density at radius 2 is 2.20 bits per heavy atom. The molecule has 3 nitrogen and oxygen atoms in total. The van der Waals surface area contributed by atoms with Crippen molar-refractivity contribution < 1.29 is 8.78 Å². The van der Waals surface area contributed by atoms with Gasteiger partial charge in [-0.2, -0.15) is 5.10 Å². The minimum atomic E-state index is -2.51. The summed E-state index contributed by atoms with van der Waals surface area (Å²) in [5.41, 5.74) is 1.30. The van der Waals surface area contributed by atoms with Gasteiger partial charge >= 0.3 is 0 Å². The summed E-state index contributed by atoms with van der Waals surface area (Å²) in [5.74, 6) is 0.456. The highest BCUT2D eigenvalue weighted by Crippen LogP contribution is 2.39. The lowest BCUT2D eigenvalue weighted by Gasteiger charge is -2.01. The highest BCUT2D eigenvalue weighted by molar-refractivity contribution is 5.42. The van der Waals surface area contributed by atoms with Gasteiger partial charge in [0.1, 0.15) is 5.69 Å². The smallest absolute Gasteiger partial charge is 0.237 e. The van der Waals surface area contributed by atoms with Crippen molar-refractivity contribution >= 4 is 5.65 Å². The average molecular weight is 209 g/mol. The van der Waals surface area contributed by atoms with Crippen molar-refractivity contribution in [1.29, 1.82) is 0 Å². The fourth-order valence-electron chi connectivity index (χ4n) is 1.68. The van der Waals surface area contributed by atoms with Gasteiger partial charge in [-0.1, -0.05) is 0 Å². The van der Waals surface area contributed by atoms with Crippen molar-refractivity contribution in [2.24, 2.45) is 0 Å². The van der Waals surface area contributed by atoms with Crippen LogP contribution in [0.4, 0.5) is 8.78 Å². The van der Waals surface area contributed by atoms with Crippen LogP contribution in [0.15, 0.2) is 18.3 Å². The number of rotatable bonds is 2. The second-order valence-corrected chi connectivity index (χ2v) is 3.78. The number of nitrogens with zero attached hydrogens (tertiary/aromatic N) is 3. The van der Waals surface area contributed by atoms with Gasteiger partial charge in [-0.05, 0) is 18.9 Å². The monoisotopic (exact) mass is 209 g/mol. The van der Waals surface area contributed by atoms with Crippen LogP contribution in [0, 0.1) is 0 Å². The molecule has 1 fully saturated rings. The molecule has 2 aromatic rings. The number of aromatic nitrogens is 3. The van der Waals surface area contributed by atoms with Gasteiger partial charge in [0.25, 0.3) is 6.43 Å². The third-order valence-electron chi connectivity index (χ3n) is 2.63. The maximum atomic E-state index is 12.6. The first-order valence-corrected chi connectivity index (χ1v) is 4.88. The Hall–Kier alpha value is -1.52. The number of hydrogen-bond acceptors (Lipinski definition) is 2. The van der Waals surface area contributed by atoms with E-state index in [1.165, 1.54) is 16.8 Å². The molecule has 0 atom stereocenters. The summed E-state index contributed by atoms with van der Waals surface area (Å²) in [6, 6.07) is 3.10. The van der Waals surface area contributed by atoms with Crippen LogP contribution in [0.25, 0.3) is 5.65 Å². The van der Waals surface area contributed by atoms with E-state index in [1.807, 2.05) is 0 Å². The van der Waals surface area contributed by atoms with Gasteiger partial charge in [0, 0.05) is 18.2 Å². The summed E-state index contributed by atoms with van der Waals surface area (Å²) in [6.45, 7) is 0. The lowest BCUT2D eigenvalue weighted by atomic mass is 10.3. The molecule has 0 aliphatic heterocycles. The predicted molar refractivity (Wildman–Crippen MR) is 49.9 cm³/mol. The van der Waals surface area contributed by atoms with Crippen molar-refractivity contribution in [3.63, 3.8) is 0 Å². The minimum Gasteiger partial charge on any atom is -0.237 e. The van der Waals surface area contributed by atoms with Gasteiger partial charge in [-0.25, -0.2) is 18.3 Å². The van der Waals surface area contributed by atoms with Crippen molar-refractivity contribution in [3.05, 3.63) is 29.7 Å². The molecule has 2 aromatic heterocycles. The van der Waals surface area contributed by atoms with E-state index in [4.69, 9.17) is 0 Å². The zero-order chi connectivity index (χ0) is 10.4. The lowest BCUT2D eigenvalue weighted by Crippen LogP contribution is -2.00. The summed E-state index contributed by atoms with van der Waals surface area (Å²) in [5, 5.41) is 4.17. The Morgan fingerprint density at radius 3 is 2.87 bits per heavy atom. The molecule has 0 spiro atoms. The van der Waals surface area contributed by atoms with Crippen LogP contribution in [-0.4, -0.2) is 14.6 Å². The molecule has 78 valence electrons.